The Labute approximate surface area is 110 Å². The second kappa shape index (κ2) is 6.20. The molecular weight excluding hydrogens is 254 g/mol. The van der Waals surface area contributed by atoms with Crippen molar-refractivity contribution >= 4 is 11.6 Å². The molecule has 0 amide bonds. The van der Waals surface area contributed by atoms with Gasteiger partial charge in [-0.15, -0.1) is 0 Å². The second-order valence-electron chi connectivity index (χ2n) is 4.72. The molecule has 0 aromatic carbocycles. The van der Waals surface area contributed by atoms with E-state index in [-0.39, 0.29) is 5.02 Å². The van der Waals surface area contributed by atoms with Crippen molar-refractivity contribution in [3.8, 4) is 0 Å². The summed E-state index contributed by atoms with van der Waals surface area (Å²) in [5.74, 6) is 0. The lowest BCUT2D eigenvalue weighted by Gasteiger charge is -2.22. The molecule has 0 spiro atoms. The highest BCUT2D eigenvalue weighted by Gasteiger charge is 2.12. The summed E-state index contributed by atoms with van der Waals surface area (Å²) in [5.41, 5.74) is -0.937. The lowest BCUT2D eigenvalue weighted by Crippen LogP contribution is -2.37. The number of aromatic nitrogens is 2. The van der Waals surface area contributed by atoms with Gasteiger partial charge in [-0.3, -0.25) is 14.3 Å². The van der Waals surface area contributed by atoms with Crippen LogP contribution in [0.4, 0.5) is 0 Å². The van der Waals surface area contributed by atoms with Gasteiger partial charge in [0.15, 0.2) is 0 Å². The van der Waals surface area contributed by atoms with E-state index in [1.807, 2.05) is 0 Å². The van der Waals surface area contributed by atoms with Gasteiger partial charge in [-0.05, 0) is 12.8 Å². The Bertz CT molecular complexity index is 503. The first kappa shape index (κ1) is 13.4. The Hall–Kier alpha value is -1.07. The number of nitrogens with zero attached hydrogens (tertiary/aromatic N) is 1. The van der Waals surface area contributed by atoms with Crippen LogP contribution >= 0.6 is 11.6 Å². The van der Waals surface area contributed by atoms with Crippen LogP contribution in [-0.2, 0) is 6.54 Å². The van der Waals surface area contributed by atoms with E-state index < -0.39 is 11.2 Å². The van der Waals surface area contributed by atoms with Crippen LogP contribution in [0.25, 0.3) is 0 Å². The maximum absolute atomic E-state index is 11.5. The smallest absolute Gasteiger partial charge is 0.312 e. The molecular formula is C12H18ClN3O2. The number of aromatic amines is 1. The van der Waals surface area contributed by atoms with Crippen LogP contribution in [0.5, 0.6) is 0 Å². The Morgan fingerprint density at radius 3 is 2.78 bits per heavy atom. The van der Waals surface area contributed by atoms with E-state index in [1.54, 1.807) is 0 Å². The zero-order valence-electron chi connectivity index (χ0n) is 10.2. The first-order chi connectivity index (χ1) is 8.66. The largest absolute Gasteiger partial charge is 0.328 e. The predicted octanol–water partition coefficient (Wildman–Crippen LogP) is 1.11. The van der Waals surface area contributed by atoms with Crippen molar-refractivity contribution in [3.05, 3.63) is 32.1 Å². The van der Waals surface area contributed by atoms with Gasteiger partial charge in [0.1, 0.15) is 5.02 Å². The maximum Gasteiger partial charge on any atom is 0.328 e. The molecule has 1 aliphatic carbocycles. The van der Waals surface area contributed by atoms with Crippen LogP contribution in [-0.4, -0.2) is 22.1 Å². The number of nitrogens with one attached hydrogen (secondary N) is 2. The van der Waals surface area contributed by atoms with E-state index in [1.165, 1.54) is 42.9 Å². The summed E-state index contributed by atoms with van der Waals surface area (Å²) in [5, 5.41) is 3.48. The third kappa shape index (κ3) is 3.46. The van der Waals surface area contributed by atoms with Gasteiger partial charge in [-0.1, -0.05) is 30.9 Å². The summed E-state index contributed by atoms with van der Waals surface area (Å²) in [6.07, 6.45) is 7.70. The molecule has 1 heterocycles. The molecule has 18 heavy (non-hydrogen) atoms. The van der Waals surface area contributed by atoms with Crippen molar-refractivity contribution in [2.75, 3.05) is 6.54 Å². The zero-order valence-corrected chi connectivity index (χ0v) is 11.0. The number of rotatable bonds is 4. The van der Waals surface area contributed by atoms with E-state index in [9.17, 15) is 9.59 Å². The highest BCUT2D eigenvalue weighted by atomic mass is 35.5. The molecule has 100 valence electrons. The van der Waals surface area contributed by atoms with Crippen LogP contribution in [0, 0.1) is 0 Å². The third-order valence-corrected chi connectivity index (χ3v) is 3.63. The van der Waals surface area contributed by atoms with Gasteiger partial charge in [0, 0.05) is 25.3 Å². The SMILES string of the molecule is O=c1[nH]c(=O)n(CCNC2CCCCC2)cc1Cl. The summed E-state index contributed by atoms with van der Waals surface area (Å²) in [7, 11) is 0. The molecule has 1 aromatic heterocycles. The summed E-state index contributed by atoms with van der Waals surface area (Å²) in [6, 6.07) is 0.563. The molecule has 2 rings (SSSR count). The van der Waals surface area contributed by atoms with E-state index >= 15 is 0 Å². The molecule has 1 aromatic rings. The maximum atomic E-state index is 11.5. The monoisotopic (exact) mass is 271 g/mol. The minimum atomic E-state index is -0.529. The summed E-state index contributed by atoms with van der Waals surface area (Å²) in [4.78, 5) is 24.8. The van der Waals surface area contributed by atoms with Gasteiger partial charge >= 0.3 is 5.69 Å². The number of H-pyrrole nitrogens is 1. The fraction of sp³-hybridized carbons (Fsp3) is 0.667. The quantitative estimate of drug-likeness (QED) is 0.862. The molecule has 6 heteroatoms. The van der Waals surface area contributed by atoms with Gasteiger partial charge in [-0.25, -0.2) is 4.79 Å². The number of halogens is 1. The molecule has 0 atom stereocenters. The van der Waals surface area contributed by atoms with Gasteiger partial charge in [0.05, 0.1) is 0 Å². The second-order valence-corrected chi connectivity index (χ2v) is 5.13. The number of hydrogen-bond donors (Lipinski definition) is 2. The molecule has 2 N–H and O–H groups in total. The van der Waals surface area contributed by atoms with Crippen molar-refractivity contribution in [1.82, 2.24) is 14.9 Å². The van der Waals surface area contributed by atoms with Gasteiger partial charge in [-0.2, -0.15) is 0 Å². The molecule has 1 saturated carbocycles. The topological polar surface area (TPSA) is 66.9 Å². The molecule has 0 saturated heterocycles. The van der Waals surface area contributed by atoms with Crippen LogP contribution < -0.4 is 16.6 Å². The Kier molecular flexibility index (Phi) is 4.60. The van der Waals surface area contributed by atoms with Crippen molar-refractivity contribution < 1.29 is 0 Å². The third-order valence-electron chi connectivity index (χ3n) is 3.36. The molecule has 0 bridgehead atoms. The average Bonchev–Trinajstić information content (AvgIpc) is 2.37. The zero-order chi connectivity index (χ0) is 13.0. The van der Waals surface area contributed by atoms with E-state index in [4.69, 9.17) is 11.6 Å². The van der Waals surface area contributed by atoms with Crippen LogP contribution in [0.1, 0.15) is 32.1 Å². The van der Waals surface area contributed by atoms with Crippen molar-refractivity contribution in [3.63, 3.8) is 0 Å². The van der Waals surface area contributed by atoms with Crippen molar-refractivity contribution in [2.45, 2.75) is 44.7 Å². The molecule has 1 fully saturated rings. The fourth-order valence-corrected chi connectivity index (χ4v) is 2.51. The Morgan fingerprint density at radius 2 is 2.06 bits per heavy atom. The summed E-state index contributed by atoms with van der Waals surface area (Å²) < 4.78 is 1.43. The lowest BCUT2D eigenvalue weighted by molar-refractivity contribution is 0.366. The highest BCUT2D eigenvalue weighted by molar-refractivity contribution is 6.30. The van der Waals surface area contributed by atoms with E-state index in [2.05, 4.69) is 10.3 Å². The van der Waals surface area contributed by atoms with Gasteiger partial charge in [0.2, 0.25) is 0 Å². The van der Waals surface area contributed by atoms with E-state index in [0.29, 0.717) is 19.1 Å². The highest BCUT2D eigenvalue weighted by Crippen LogP contribution is 2.16. The molecule has 5 nitrogen and oxygen atoms in total. The van der Waals surface area contributed by atoms with Crippen LogP contribution in [0.3, 0.4) is 0 Å². The minimum Gasteiger partial charge on any atom is -0.312 e. The molecule has 0 unspecified atom stereocenters. The molecule has 0 aliphatic heterocycles. The van der Waals surface area contributed by atoms with Gasteiger partial charge < -0.3 is 5.32 Å². The summed E-state index contributed by atoms with van der Waals surface area (Å²) >= 11 is 5.69. The average molecular weight is 272 g/mol. The Morgan fingerprint density at radius 1 is 1.33 bits per heavy atom. The Balaban J connectivity index is 1.88. The van der Waals surface area contributed by atoms with Gasteiger partial charge in [0.25, 0.3) is 5.56 Å². The predicted molar refractivity (Wildman–Crippen MR) is 71.2 cm³/mol. The fourth-order valence-electron chi connectivity index (χ4n) is 2.34. The first-order valence-corrected chi connectivity index (χ1v) is 6.77. The minimum absolute atomic E-state index is 0.0484. The molecule has 1 aliphatic rings. The first-order valence-electron chi connectivity index (χ1n) is 6.39. The van der Waals surface area contributed by atoms with Crippen LogP contribution in [0.15, 0.2) is 15.8 Å². The van der Waals surface area contributed by atoms with Crippen molar-refractivity contribution in [2.24, 2.45) is 0 Å². The standard InChI is InChI=1S/C12H18ClN3O2/c13-10-8-16(12(18)15-11(10)17)7-6-14-9-4-2-1-3-5-9/h8-9,14H,1-7H2,(H,15,17,18). The molecule has 0 radical (unpaired) electrons. The normalized spacial score (nSPS) is 16.9. The number of hydrogen-bond acceptors (Lipinski definition) is 3. The summed E-state index contributed by atoms with van der Waals surface area (Å²) in [6.45, 7) is 1.23. The van der Waals surface area contributed by atoms with Crippen molar-refractivity contribution in [1.29, 1.82) is 0 Å². The lowest BCUT2D eigenvalue weighted by atomic mass is 9.95. The van der Waals surface area contributed by atoms with Crippen LogP contribution in [0.2, 0.25) is 5.02 Å². The van der Waals surface area contributed by atoms with E-state index in [0.717, 1.165) is 0 Å².